The van der Waals surface area contributed by atoms with Crippen LogP contribution in [0.3, 0.4) is 0 Å². The highest BCUT2D eigenvalue weighted by molar-refractivity contribution is 7.09. The lowest BCUT2D eigenvalue weighted by molar-refractivity contribution is -0.130. The molecule has 1 aromatic carbocycles. The first kappa shape index (κ1) is 25.8. The quantitative estimate of drug-likeness (QED) is 0.335. The first-order valence-electron chi connectivity index (χ1n) is 11.5. The van der Waals surface area contributed by atoms with Gasteiger partial charge in [0.2, 0.25) is 11.8 Å². The number of hydrogen-bond acceptors (Lipinski definition) is 7. The summed E-state index contributed by atoms with van der Waals surface area (Å²) in [7, 11) is 1.52. The second-order valence-corrected chi connectivity index (χ2v) is 9.43. The Morgan fingerprint density at radius 3 is 2.70 bits per heavy atom. The van der Waals surface area contributed by atoms with Crippen molar-refractivity contribution in [2.24, 2.45) is 5.73 Å². The fraction of sp³-hybridized carbons (Fsp3) is 0.280. The van der Waals surface area contributed by atoms with E-state index in [1.165, 1.54) is 35.7 Å². The molecule has 2 aromatic heterocycles. The number of nitrogens with one attached hydrogen (secondary N) is 3. The number of furan rings is 1. The molecular formula is C25H27N5O6S. The van der Waals surface area contributed by atoms with Gasteiger partial charge in [-0.3, -0.25) is 14.4 Å². The van der Waals surface area contributed by atoms with E-state index in [1.54, 1.807) is 30.3 Å². The van der Waals surface area contributed by atoms with Gasteiger partial charge in [0.25, 0.3) is 5.91 Å². The molecule has 3 heterocycles. The zero-order valence-corrected chi connectivity index (χ0v) is 20.8. The first-order chi connectivity index (χ1) is 17.9. The van der Waals surface area contributed by atoms with Crippen LogP contribution in [-0.4, -0.2) is 60.4 Å². The maximum atomic E-state index is 13.5. The molecule has 1 fully saturated rings. The summed E-state index contributed by atoms with van der Waals surface area (Å²) in [4.78, 5) is 53.7. The number of thiophene rings is 1. The van der Waals surface area contributed by atoms with E-state index in [1.807, 2.05) is 17.5 Å². The Hall–Kier alpha value is -4.32. The first-order valence-corrected chi connectivity index (χ1v) is 12.4. The summed E-state index contributed by atoms with van der Waals surface area (Å²) in [6.07, 6.45) is 1.88. The van der Waals surface area contributed by atoms with Gasteiger partial charge < -0.3 is 35.7 Å². The fourth-order valence-corrected chi connectivity index (χ4v) is 4.94. The van der Waals surface area contributed by atoms with Crippen LogP contribution in [0.15, 0.2) is 64.6 Å². The molecule has 0 aliphatic carbocycles. The highest BCUT2D eigenvalue weighted by Gasteiger charge is 2.44. The SMILES string of the molecule is COc1cccc(NC(=O)N[C@H]2CCN(C(=O)c3ccco3)[C@@H]2C(=O)N[C@@H](Cc2cccs2)C(N)=O)c1. The average molecular weight is 526 g/mol. The minimum atomic E-state index is -1.10. The molecule has 11 nitrogen and oxygen atoms in total. The van der Waals surface area contributed by atoms with Gasteiger partial charge in [0.15, 0.2) is 5.76 Å². The van der Waals surface area contributed by atoms with Crippen LogP contribution in [0, 0.1) is 0 Å². The summed E-state index contributed by atoms with van der Waals surface area (Å²) in [5.41, 5.74) is 6.05. The second-order valence-electron chi connectivity index (χ2n) is 8.39. The van der Waals surface area contributed by atoms with Crippen LogP contribution >= 0.6 is 11.3 Å². The Kier molecular flexibility index (Phi) is 8.08. The zero-order chi connectivity index (χ0) is 26.4. The van der Waals surface area contributed by atoms with E-state index < -0.39 is 41.9 Å². The van der Waals surface area contributed by atoms with E-state index in [0.29, 0.717) is 17.9 Å². The molecular weight excluding hydrogens is 498 g/mol. The monoisotopic (exact) mass is 525 g/mol. The summed E-state index contributed by atoms with van der Waals surface area (Å²) >= 11 is 1.43. The standard InChI is InChI=1S/C25H27N5O6S/c1-35-16-6-2-5-15(13-16)27-25(34)29-18-9-10-30(24(33)20-8-3-11-36-20)21(18)23(32)28-19(22(26)31)14-17-7-4-12-37-17/h2-8,11-13,18-19,21H,9-10,14H2,1H3,(H2,26,31)(H,28,32)(H2,27,29,34)/t18-,19-,21-/m0/s1. The van der Waals surface area contributed by atoms with Gasteiger partial charge in [-0.2, -0.15) is 0 Å². The molecule has 5 N–H and O–H groups in total. The second kappa shape index (κ2) is 11.6. The molecule has 5 amide bonds. The number of nitrogens with zero attached hydrogens (tertiary/aromatic N) is 1. The third kappa shape index (κ3) is 6.28. The zero-order valence-electron chi connectivity index (χ0n) is 20.0. The maximum absolute atomic E-state index is 13.5. The van der Waals surface area contributed by atoms with Crippen LogP contribution in [0.5, 0.6) is 5.75 Å². The minimum Gasteiger partial charge on any atom is -0.497 e. The minimum absolute atomic E-state index is 0.0596. The van der Waals surface area contributed by atoms with Crippen molar-refractivity contribution >= 4 is 40.8 Å². The molecule has 37 heavy (non-hydrogen) atoms. The number of ether oxygens (including phenoxy) is 1. The number of likely N-dealkylation sites (tertiary alicyclic amines) is 1. The van der Waals surface area contributed by atoms with E-state index in [4.69, 9.17) is 14.9 Å². The smallest absolute Gasteiger partial charge is 0.319 e. The van der Waals surface area contributed by atoms with Crippen molar-refractivity contribution in [3.8, 4) is 5.75 Å². The fourth-order valence-electron chi connectivity index (χ4n) is 4.18. The summed E-state index contributed by atoms with van der Waals surface area (Å²) in [5.74, 6) is -1.19. The van der Waals surface area contributed by atoms with Gasteiger partial charge in [-0.05, 0) is 42.1 Å². The molecule has 1 saturated heterocycles. The molecule has 1 aliphatic rings. The van der Waals surface area contributed by atoms with Gasteiger partial charge >= 0.3 is 6.03 Å². The van der Waals surface area contributed by atoms with Crippen LogP contribution in [-0.2, 0) is 16.0 Å². The number of amides is 5. The number of anilines is 1. The maximum Gasteiger partial charge on any atom is 0.319 e. The van der Waals surface area contributed by atoms with Crippen LogP contribution in [0.4, 0.5) is 10.5 Å². The summed E-state index contributed by atoms with van der Waals surface area (Å²) in [5, 5.41) is 10.0. The van der Waals surface area contributed by atoms with Crippen LogP contribution < -0.4 is 26.4 Å². The molecule has 0 bridgehead atoms. The van der Waals surface area contributed by atoms with Crippen LogP contribution in [0.1, 0.15) is 21.9 Å². The molecule has 12 heteroatoms. The number of primary amides is 1. The van der Waals surface area contributed by atoms with E-state index in [0.717, 1.165) is 4.88 Å². The molecule has 0 spiro atoms. The molecule has 4 rings (SSSR count). The summed E-state index contributed by atoms with van der Waals surface area (Å²) in [6, 6.07) is 10.2. The summed E-state index contributed by atoms with van der Waals surface area (Å²) in [6.45, 7) is 0.188. The molecule has 0 unspecified atom stereocenters. The Labute approximate surface area is 216 Å². The lowest BCUT2D eigenvalue weighted by atomic mass is 10.1. The predicted molar refractivity (Wildman–Crippen MR) is 136 cm³/mol. The van der Waals surface area contributed by atoms with Crippen molar-refractivity contribution in [3.63, 3.8) is 0 Å². The van der Waals surface area contributed by atoms with E-state index >= 15 is 0 Å². The van der Waals surface area contributed by atoms with Crippen molar-refractivity contribution in [2.45, 2.75) is 31.0 Å². The van der Waals surface area contributed by atoms with E-state index in [2.05, 4.69) is 16.0 Å². The number of urea groups is 1. The van der Waals surface area contributed by atoms with Crippen molar-refractivity contribution in [3.05, 3.63) is 70.8 Å². The Morgan fingerprint density at radius 1 is 1.19 bits per heavy atom. The van der Waals surface area contributed by atoms with Gasteiger partial charge in [-0.15, -0.1) is 11.3 Å². The lowest BCUT2D eigenvalue weighted by Crippen LogP contribution is -2.58. The molecule has 194 valence electrons. The molecule has 3 atom stereocenters. The van der Waals surface area contributed by atoms with E-state index in [9.17, 15) is 19.2 Å². The Bertz CT molecular complexity index is 1250. The number of nitrogens with two attached hydrogens (primary N) is 1. The van der Waals surface area contributed by atoms with Gasteiger partial charge in [0, 0.05) is 29.6 Å². The van der Waals surface area contributed by atoms with Gasteiger partial charge in [0.1, 0.15) is 17.8 Å². The largest absolute Gasteiger partial charge is 0.497 e. The number of hydrogen-bond donors (Lipinski definition) is 4. The van der Waals surface area contributed by atoms with Crippen LogP contribution in [0.2, 0.25) is 0 Å². The van der Waals surface area contributed by atoms with Gasteiger partial charge in [-0.25, -0.2) is 4.79 Å². The predicted octanol–water partition coefficient (Wildman–Crippen LogP) is 1.97. The number of carbonyl (C=O) groups is 4. The number of rotatable bonds is 9. The lowest BCUT2D eigenvalue weighted by Gasteiger charge is -2.28. The third-order valence-corrected chi connectivity index (χ3v) is 6.85. The molecule has 0 radical (unpaired) electrons. The van der Waals surface area contributed by atoms with Crippen LogP contribution in [0.25, 0.3) is 0 Å². The Morgan fingerprint density at radius 2 is 2.03 bits per heavy atom. The van der Waals surface area contributed by atoms with Crippen molar-refractivity contribution in [1.29, 1.82) is 0 Å². The normalized spacial score (nSPS) is 17.6. The number of methoxy groups -OCH3 is 1. The molecule has 3 aromatic rings. The summed E-state index contributed by atoms with van der Waals surface area (Å²) < 4.78 is 10.4. The van der Waals surface area contributed by atoms with E-state index in [-0.39, 0.29) is 18.7 Å². The average Bonchev–Trinajstić information content (AvgIpc) is 3.65. The van der Waals surface area contributed by atoms with Gasteiger partial charge in [0.05, 0.1) is 19.4 Å². The highest BCUT2D eigenvalue weighted by atomic mass is 32.1. The number of benzene rings is 1. The molecule has 1 aliphatic heterocycles. The van der Waals surface area contributed by atoms with Crippen molar-refractivity contribution in [2.75, 3.05) is 19.0 Å². The van der Waals surface area contributed by atoms with Crippen molar-refractivity contribution < 1.29 is 28.3 Å². The Balaban J connectivity index is 1.52. The third-order valence-electron chi connectivity index (χ3n) is 5.95. The topological polar surface area (TPSA) is 156 Å². The van der Waals surface area contributed by atoms with Gasteiger partial charge in [-0.1, -0.05) is 12.1 Å². The highest BCUT2D eigenvalue weighted by Crippen LogP contribution is 2.23. The molecule has 0 saturated carbocycles. The number of carbonyl (C=O) groups excluding carboxylic acids is 4. The van der Waals surface area contributed by atoms with Crippen molar-refractivity contribution in [1.82, 2.24) is 15.5 Å².